The Morgan fingerprint density at radius 2 is 2.05 bits per heavy atom. The maximum absolute atomic E-state index is 15.3. The molecule has 0 saturated carbocycles. The summed E-state index contributed by atoms with van der Waals surface area (Å²) in [4.78, 5) is 22.9. The first-order valence-electron chi connectivity index (χ1n) is 6.68. The molecular weight excluding hydrogens is 290 g/mol. The first-order valence-corrected chi connectivity index (χ1v) is 6.68. The second-order valence-electron chi connectivity index (χ2n) is 5.15. The van der Waals surface area contributed by atoms with E-state index in [0.29, 0.717) is 11.1 Å². The highest BCUT2D eigenvalue weighted by molar-refractivity contribution is 6.01. The van der Waals surface area contributed by atoms with Gasteiger partial charge in [-0.3, -0.25) is 4.79 Å². The summed E-state index contributed by atoms with van der Waals surface area (Å²) in [6.07, 6.45) is 1.24. The number of aromatic nitrogens is 3. The molecule has 5 nitrogen and oxygen atoms in total. The number of rotatable bonds is 1. The summed E-state index contributed by atoms with van der Waals surface area (Å²) in [6, 6.07) is 9.61. The molecule has 0 aliphatic carbocycles. The summed E-state index contributed by atoms with van der Waals surface area (Å²) in [5.74, 6) is -1.52. The monoisotopic (exact) mass is 300 g/mol. The first-order chi connectivity index (χ1) is 10.6. The van der Waals surface area contributed by atoms with Crippen LogP contribution in [0.15, 0.2) is 42.6 Å². The Balaban J connectivity index is 1.88. The van der Waals surface area contributed by atoms with Crippen molar-refractivity contribution in [2.45, 2.75) is 12.1 Å². The molecule has 0 bridgehead atoms. The third-order valence-electron chi connectivity index (χ3n) is 3.79. The maximum Gasteiger partial charge on any atom is 0.300 e. The fourth-order valence-corrected chi connectivity index (χ4v) is 2.67. The van der Waals surface area contributed by atoms with Crippen molar-refractivity contribution in [2.75, 3.05) is 5.12 Å². The van der Waals surface area contributed by atoms with Gasteiger partial charge in [0.1, 0.15) is 0 Å². The zero-order valence-corrected chi connectivity index (χ0v) is 11.3. The molecule has 1 unspecified atom stereocenters. The summed E-state index contributed by atoms with van der Waals surface area (Å²) in [5.41, 5.74) is -1.34. The predicted octanol–water partition coefficient (Wildman–Crippen LogP) is 2.60. The molecule has 22 heavy (non-hydrogen) atoms. The number of imidazole rings is 1. The number of aromatic amines is 1. The number of halogens is 2. The van der Waals surface area contributed by atoms with Crippen molar-refractivity contribution in [3.8, 4) is 0 Å². The van der Waals surface area contributed by atoms with Gasteiger partial charge in [0, 0.05) is 12.6 Å². The summed E-state index contributed by atoms with van der Waals surface area (Å²) in [5, 5.41) is -0.153. The second kappa shape index (κ2) is 4.33. The topological polar surface area (TPSA) is 61.9 Å². The first kappa shape index (κ1) is 12.9. The Bertz CT molecular complexity index is 861. The fourth-order valence-electron chi connectivity index (χ4n) is 2.67. The number of alkyl halides is 1. The minimum absolute atomic E-state index is 0.0648. The number of carbonyl (C=O) groups is 1. The Morgan fingerprint density at radius 3 is 2.86 bits per heavy atom. The molecule has 2 aromatic heterocycles. The number of H-pyrrole nitrogens is 1. The van der Waals surface area contributed by atoms with E-state index in [-0.39, 0.29) is 28.7 Å². The zero-order chi connectivity index (χ0) is 15.3. The van der Waals surface area contributed by atoms with Gasteiger partial charge in [-0.15, -0.1) is 5.12 Å². The number of anilines is 1. The average molecular weight is 300 g/mol. The Kier molecular flexibility index (Phi) is 2.53. The van der Waals surface area contributed by atoms with Crippen molar-refractivity contribution in [1.29, 1.82) is 0 Å². The van der Waals surface area contributed by atoms with E-state index in [0.717, 1.165) is 0 Å². The van der Waals surface area contributed by atoms with Gasteiger partial charge in [0.15, 0.2) is 11.5 Å². The number of carbonyl (C=O) groups excluding carboxylic acids is 1. The number of para-hydroxylation sites is 1. The number of fused-ring (bicyclic) bond motifs is 2. The Hall–Kier alpha value is -2.83. The standard InChI is InChI=1S/C15H10F2N4O/c16-15(13-19-10-5-3-7-18-12(10)20-13)8-9-4-1-2-6-11(9)21(17)14(15)22/h1-7H,8H2,(H,18,19,20). The van der Waals surface area contributed by atoms with Crippen LogP contribution in [0.25, 0.3) is 11.2 Å². The van der Waals surface area contributed by atoms with E-state index in [2.05, 4.69) is 15.0 Å². The number of hydrogen-bond acceptors (Lipinski definition) is 3. The van der Waals surface area contributed by atoms with E-state index in [1.165, 1.54) is 12.3 Å². The fraction of sp³-hybridized carbons (Fsp3) is 0.133. The Labute approximate surface area is 123 Å². The minimum Gasteiger partial charge on any atom is -0.337 e. The van der Waals surface area contributed by atoms with E-state index in [4.69, 9.17) is 0 Å². The van der Waals surface area contributed by atoms with Gasteiger partial charge in [-0.25, -0.2) is 14.4 Å². The Morgan fingerprint density at radius 1 is 1.23 bits per heavy atom. The van der Waals surface area contributed by atoms with Gasteiger partial charge in [0.2, 0.25) is 0 Å². The molecule has 1 aliphatic rings. The highest BCUT2D eigenvalue weighted by atomic mass is 19.2. The molecular formula is C15H10F2N4O. The molecule has 110 valence electrons. The third-order valence-corrected chi connectivity index (χ3v) is 3.79. The quantitative estimate of drug-likeness (QED) is 0.703. The molecule has 0 spiro atoms. The van der Waals surface area contributed by atoms with Crippen LogP contribution in [0, 0.1) is 0 Å². The molecule has 1 aliphatic heterocycles. The molecule has 1 atom stereocenters. The lowest BCUT2D eigenvalue weighted by atomic mass is 9.89. The minimum atomic E-state index is -2.58. The number of nitrogens with one attached hydrogen (secondary N) is 1. The number of nitrogens with zero attached hydrogens (tertiary/aromatic N) is 3. The molecule has 0 radical (unpaired) electrons. The van der Waals surface area contributed by atoms with E-state index >= 15 is 4.39 Å². The highest BCUT2D eigenvalue weighted by Gasteiger charge is 2.51. The molecule has 1 aromatic carbocycles. The van der Waals surface area contributed by atoms with Gasteiger partial charge in [-0.05, 0) is 23.8 Å². The van der Waals surface area contributed by atoms with Crippen LogP contribution < -0.4 is 5.12 Å². The molecule has 0 saturated heterocycles. The lowest BCUT2D eigenvalue weighted by Gasteiger charge is -2.31. The number of amides is 1. The molecule has 3 aromatic rings. The van der Waals surface area contributed by atoms with Gasteiger partial charge in [0.25, 0.3) is 5.67 Å². The van der Waals surface area contributed by atoms with Gasteiger partial charge in [-0.2, -0.15) is 0 Å². The van der Waals surface area contributed by atoms with E-state index in [9.17, 15) is 9.28 Å². The molecule has 3 heterocycles. The van der Waals surface area contributed by atoms with Crippen LogP contribution in [0.3, 0.4) is 0 Å². The van der Waals surface area contributed by atoms with Crippen molar-refractivity contribution >= 4 is 22.8 Å². The smallest absolute Gasteiger partial charge is 0.300 e. The highest BCUT2D eigenvalue weighted by Crippen LogP contribution is 2.40. The summed E-state index contributed by atoms with van der Waals surface area (Å²) in [7, 11) is 0. The van der Waals surface area contributed by atoms with Gasteiger partial charge in [0.05, 0.1) is 11.2 Å². The van der Waals surface area contributed by atoms with E-state index < -0.39 is 11.6 Å². The SMILES string of the molecule is O=C1N(F)c2ccccc2CC1(F)c1nc2ncccc2[nH]1. The van der Waals surface area contributed by atoms with Crippen LogP contribution in [0.4, 0.5) is 14.6 Å². The van der Waals surface area contributed by atoms with Crippen molar-refractivity contribution < 1.29 is 13.7 Å². The van der Waals surface area contributed by atoms with Gasteiger partial charge >= 0.3 is 5.91 Å². The molecule has 1 N–H and O–H groups in total. The molecule has 7 heteroatoms. The van der Waals surface area contributed by atoms with Crippen LogP contribution >= 0.6 is 0 Å². The molecule has 1 amide bonds. The molecule has 0 fully saturated rings. The largest absolute Gasteiger partial charge is 0.337 e. The van der Waals surface area contributed by atoms with Crippen LogP contribution in [-0.2, 0) is 16.9 Å². The third kappa shape index (κ3) is 1.65. The summed E-state index contributed by atoms with van der Waals surface area (Å²) < 4.78 is 29.5. The van der Waals surface area contributed by atoms with Gasteiger partial charge < -0.3 is 4.98 Å². The second-order valence-corrected chi connectivity index (χ2v) is 5.15. The maximum atomic E-state index is 15.3. The normalized spacial score (nSPS) is 21.2. The van der Waals surface area contributed by atoms with E-state index in [1.807, 2.05) is 0 Å². The zero-order valence-electron chi connectivity index (χ0n) is 11.3. The van der Waals surface area contributed by atoms with Crippen LogP contribution in [0.1, 0.15) is 11.4 Å². The summed E-state index contributed by atoms with van der Waals surface area (Å²) >= 11 is 0. The van der Waals surface area contributed by atoms with Gasteiger partial charge in [-0.1, -0.05) is 22.7 Å². The summed E-state index contributed by atoms with van der Waals surface area (Å²) in [6.45, 7) is 0. The van der Waals surface area contributed by atoms with Crippen molar-refractivity contribution in [3.05, 3.63) is 54.0 Å². The van der Waals surface area contributed by atoms with Crippen molar-refractivity contribution in [3.63, 3.8) is 0 Å². The van der Waals surface area contributed by atoms with Crippen LogP contribution in [-0.4, -0.2) is 20.9 Å². The average Bonchev–Trinajstić information content (AvgIpc) is 2.97. The van der Waals surface area contributed by atoms with Crippen molar-refractivity contribution in [2.24, 2.45) is 0 Å². The number of pyridine rings is 1. The van der Waals surface area contributed by atoms with Crippen molar-refractivity contribution in [1.82, 2.24) is 15.0 Å². The van der Waals surface area contributed by atoms with E-state index in [1.54, 1.807) is 30.3 Å². The predicted molar refractivity (Wildman–Crippen MR) is 75.4 cm³/mol. The lowest BCUT2D eigenvalue weighted by molar-refractivity contribution is -0.135. The molecule has 4 rings (SSSR count). The van der Waals surface area contributed by atoms with Crippen LogP contribution in [0.2, 0.25) is 0 Å². The lowest BCUT2D eigenvalue weighted by Crippen LogP contribution is -2.46. The number of benzene rings is 1. The van der Waals surface area contributed by atoms with Crippen LogP contribution in [0.5, 0.6) is 0 Å². The number of hydrogen-bond donors (Lipinski definition) is 1.